The molecule has 4 rings (SSSR count). The predicted molar refractivity (Wildman–Crippen MR) is 166 cm³/mol. The van der Waals surface area contributed by atoms with Crippen molar-refractivity contribution in [3.05, 3.63) is 42.4 Å². The number of pyridine rings is 2. The summed E-state index contributed by atoms with van der Waals surface area (Å²) in [5, 5.41) is 14.3. The molecule has 1 aliphatic rings. The van der Waals surface area contributed by atoms with Crippen LogP contribution in [0.15, 0.2) is 36.8 Å². The maximum atomic E-state index is 12.4. The van der Waals surface area contributed by atoms with Gasteiger partial charge in [0.15, 0.2) is 8.32 Å². The van der Waals surface area contributed by atoms with Crippen molar-refractivity contribution in [1.82, 2.24) is 19.5 Å². The molecule has 0 spiro atoms. The Morgan fingerprint density at radius 1 is 1.05 bits per heavy atom. The number of piperazine rings is 1. The fraction of sp³-hybridized carbons (Fsp3) is 0.548. The monoisotopic (exact) mass is 592 g/mol. The molecule has 1 aliphatic heterocycles. The fourth-order valence-electron chi connectivity index (χ4n) is 4.45. The average molecular weight is 593 g/mol. The van der Waals surface area contributed by atoms with Crippen molar-refractivity contribution in [1.29, 1.82) is 5.26 Å². The minimum Gasteiger partial charge on any atom is -0.492 e. The number of nitriles is 1. The van der Waals surface area contributed by atoms with Crippen molar-refractivity contribution < 1.29 is 18.7 Å². The third-order valence-electron chi connectivity index (χ3n) is 7.85. The number of nitrogens with zero attached hydrogens (tertiary/aromatic N) is 6. The summed E-state index contributed by atoms with van der Waals surface area (Å²) >= 11 is 0. The Bertz CT molecular complexity index is 1430. The van der Waals surface area contributed by atoms with Gasteiger partial charge in [0.2, 0.25) is 0 Å². The molecule has 0 radical (unpaired) electrons. The quantitative estimate of drug-likeness (QED) is 0.228. The first-order valence-electron chi connectivity index (χ1n) is 14.6. The second-order valence-corrected chi connectivity index (χ2v) is 18.0. The summed E-state index contributed by atoms with van der Waals surface area (Å²) in [7, 11) is -1.79. The van der Waals surface area contributed by atoms with Crippen molar-refractivity contribution >= 4 is 25.7 Å². The van der Waals surface area contributed by atoms with Crippen LogP contribution in [0.3, 0.4) is 0 Å². The van der Waals surface area contributed by atoms with Gasteiger partial charge in [-0.2, -0.15) is 10.4 Å². The molecule has 0 N–H and O–H groups in total. The van der Waals surface area contributed by atoms with E-state index in [2.05, 4.69) is 49.9 Å². The van der Waals surface area contributed by atoms with Crippen LogP contribution in [0, 0.1) is 11.3 Å². The van der Waals surface area contributed by atoms with Gasteiger partial charge in [-0.1, -0.05) is 20.8 Å². The molecule has 0 aromatic carbocycles. The topological polar surface area (TPSA) is 105 Å². The first-order chi connectivity index (χ1) is 19.7. The number of hydrogen-bond acceptors (Lipinski definition) is 8. The Labute approximate surface area is 250 Å². The summed E-state index contributed by atoms with van der Waals surface area (Å²) in [5.74, 6) is 1.50. The molecular formula is C31H44N6O4Si. The Morgan fingerprint density at radius 3 is 2.36 bits per heavy atom. The second kappa shape index (κ2) is 12.3. The smallest absolute Gasteiger partial charge is 0.410 e. The summed E-state index contributed by atoms with van der Waals surface area (Å²) in [4.78, 5) is 21.1. The Balaban J connectivity index is 1.44. The fourth-order valence-corrected chi connectivity index (χ4v) is 5.54. The van der Waals surface area contributed by atoms with Gasteiger partial charge in [0.1, 0.15) is 23.2 Å². The highest BCUT2D eigenvalue weighted by Gasteiger charge is 2.36. The van der Waals surface area contributed by atoms with E-state index in [0.717, 1.165) is 23.4 Å². The van der Waals surface area contributed by atoms with Crippen molar-refractivity contribution in [2.75, 3.05) is 44.3 Å². The van der Waals surface area contributed by atoms with Gasteiger partial charge in [-0.15, -0.1) is 0 Å². The highest BCUT2D eigenvalue weighted by molar-refractivity contribution is 6.74. The van der Waals surface area contributed by atoms with Crippen LogP contribution in [0.5, 0.6) is 5.75 Å². The van der Waals surface area contributed by atoms with E-state index in [9.17, 15) is 10.1 Å². The lowest BCUT2D eigenvalue weighted by Crippen LogP contribution is -2.50. The van der Waals surface area contributed by atoms with Gasteiger partial charge < -0.3 is 23.7 Å². The van der Waals surface area contributed by atoms with E-state index in [-0.39, 0.29) is 11.1 Å². The van der Waals surface area contributed by atoms with E-state index in [1.54, 1.807) is 21.8 Å². The first-order valence-corrected chi connectivity index (χ1v) is 17.5. The molecule has 10 nitrogen and oxygen atoms in total. The van der Waals surface area contributed by atoms with Gasteiger partial charge in [-0.25, -0.2) is 14.3 Å². The van der Waals surface area contributed by atoms with Crippen molar-refractivity contribution in [3.8, 4) is 22.9 Å². The standard InChI is InChI=1S/C31H44N6O4Si/c1-30(2,3)41-29(38)36-14-12-35(13-15-36)27-11-10-23(20-33-27)26-18-25(22-37-28(26)24(19-32)21-34-37)39-16-9-17-40-42(7,8)31(4,5)6/h10-11,18,20-22H,9,12-17H2,1-8H3. The summed E-state index contributed by atoms with van der Waals surface area (Å²) in [6, 6.07) is 8.17. The summed E-state index contributed by atoms with van der Waals surface area (Å²) in [6.07, 6.45) is 5.69. The molecule has 11 heteroatoms. The zero-order chi connectivity index (χ0) is 30.7. The molecule has 0 saturated carbocycles. The third kappa shape index (κ3) is 7.41. The van der Waals surface area contributed by atoms with Crippen LogP contribution in [-0.2, 0) is 9.16 Å². The van der Waals surface area contributed by atoms with Crippen LogP contribution in [0.25, 0.3) is 16.6 Å². The predicted octanol–water partition coefficient (Wildman–Crippen LogP) is 6.12. The maximum absolute atomic E-state index is 12.4. The average Bonchev–Trinajstić information content (AvgIpc) is 3.34. The number of amides is 1. The summed E-state index contributed by atoms with van der Waals surface area (Å²) < 4.78 is 19.6. The van der Waals surface area contributed by atoms with Crippen molar-refractivity contribution in [2.45, 2.75) is 71.7 Å². The molecule has 3 aromatic rings. The van der Waals surface area contributed by atoms with Gasteiger partial charge in [0.05, 0.1) is 30.1 Å². The third-order valence-corrected chi connectivity index (χ3v) is 12.4. The lowest BCUT2D eigenvalue weighted by Gasteiger charge is -2.36. The van der Waals surface area contributed by atoms with Crippen LogP contribution in [0.2, 0.25) is 18.1 Å². The SMILES string of the molecule is CC(C)(C)OC(=O)N1CCN(c2ccc(-c3cc(OCCCO[Si](C)(C)C(C)(C)C)cn4ncc(C#N)c34)cn2)CC1. The van der Waals surface area contributed by atoms with E-state index in [0.29, 0.717) is 56.2 Å². The molecule has 1 amide bonds. The Kier molecular flexibility index (Phi) is 9.18. The minimum atomic E-state index is -1.79. The van der Waals surface area contributed by atoms with Crippen molar-refractivity contribution in [3.63, 3.8) is 0 Å². The number of carbonyl (C=O) groups is 1. The van der Waals surface area contributed by atoms with E-state index in [1.807, 2.05) is 45.2 Å². The van der Waals surface area contributed by atoms with Crippen LogP contribution in [0.4, 0.5) is 10.6 Å². The molecule has 226 valence electrons. The number of ether oxygens (including phenoxy) is 2. The van der Waals surface area contributed by atoms with E-state index >= 15 is 0 Å². The van der Waals surface area contributed by atoms with Gasteiger partial charge in [-0.3, -0.25) is 0 Å². The molecular weight excluding hydrogens is 548 g/mol. The largest absolute Gasteiger partial charge is 0.492 e. The number of aromatic nitrogens is 3. The van der Waals surface area contributed by atoms with Crippen LogP contribution in [0.1, 0.15) is 53.5 Å². The van der Waals surface area contributed by atoms with E-state index < -0.39 is 13.9 Å². The molecule has 0 atom stereocenters. The minimum absolute atomic E-state index is 0.171. The number of anilines is 1. The van der Waals surface area contributed by atoms with Crippen LogP contribution >= 0.6 is 0 Å². The summed E-state index contributed by atoms with van der Waals surface area (Å²) in [6.45, 7) is 20.5. The van der Waals surface area contributed by atoms with Crippen LogP contribution in [-0.4, -0.2) is 78.9 Å². The Morgan fingerprint density at radius 2 is 1.76 bits per heavy atom. The molecule has 4 heterocycles. The van der Waals surface area contributed by atoms with Gasteiger partial charge >= 0.3 is 6.09 Å². The molecule has 0 aliphatic carbocycles. The zero-order valence-corrected chi connectivity index (χ0v) is 27.2. The molecule has 42 heavy (non-hydrogen) atoms. The van der Waals surface area contributed by atoms with Gasteiger partial charge in [-0.05, 0) is 57.1 Å². The lowest BCUT2D eigenvalue weighted by molar-refractivity contribution is 0.0240. The molecule has 0 unspecified atom stereocenters. The van der Waals surface area contributed by atoms with Gasteiger partial charge in [0.25, 0.3) is 0 Å². The zero-order valence-electron chi connectivity index (χ0n) is 26.2. The number of carbonyl (C=O) groups excluding carboxylic acids is 1. The van der Waals surface area contributed by atoms with Gasteiger partial charge in [0, 0.05) is 56.5 Å². The normalized spacial score (nSPS) is 14.6. The number of fused-ring (bicyclic) bond motifs is 1. The molecule has 0 bridgehead atoms. The highest BCUT2D eigenvalue weighted by atomic mass is 28.4. The highest BCUT2D eigenvalue weighted by Crippen LogP contribution is 2.36. The molecule has 3 aromatic heterocycles. The first kappa shape index (κ1) is 31.3. The summed E-state index contributed by atoms with van der Waals surface area (Å²) in [5.41, 5.74) is 2.38. The van der Waals surface area contributed by atoms with Crippen molar-refractivity contribution in [2.24, 2.45) is 0 Å². The lowest BCUT2D eigenvalue weighted by atomic mass is 10.1. The van der Waals surface area contributed by atoms with Crippen LogP contribution < -0.4 is 9.64 Å². The molecule has 1 fully saturated rings. The van der Waals surface area contributed by atoms with E-state index in [1.165, 1.54) is 0 Å². The number of hydrogen-bond donors (Lipinski definition) is 0. The molecule has 1 saturated heterocycles. The van der Waals surface area contributed by atoms with E-state index in [4.69, 9.17) is 18.9 Å². The maximum Gasteiger partial charge on any atom is 0.410 e. The number of rotatable bonds is 8. The Hall–Kier alpha value is -3.62. The second-order valence-electron chi connectivity index (χ2n) is 13.2.